The van der Waals surface area contributed by atoms with Crippen molar-refractivity contribution in [2.24, 2.45) is 17.6 Å². The van der Waals surface area contributed by atoms with Gasteiger partial charge in [0.05, 0.1) is 4.92 Å². The van der Waals surface area contributed by atoms with Gasteiger partial charge in [-0.3, -0.25) is 10.1 Å². The maximum Gasteiger partial charge on any atom is 0.293 e. The predicted octanol–water partition coefficient (Wildman–Crippen LogP) is 3.00. The highest BCUT2D eigenvalue weighted by Crippen LogP contribution is 2.28. The van der Waals surface area contributed by atoms with Crippen LogP contribution in [0.25, 0.3) is 0 Å². The number of anilines is 1. The highest BCUT2D eigenvalue weighted by Gasteiger charge is 2.16. The summed E-state index contributed by atoms with van der Waals surface area (Å²) in [6.07, 6.45) is 0. The van der Waals surface area contributed by atoms with Crippen molar-refractivity contribution in [2.75, 3.05) is 18.4 Å². The SMILES string of the molecule is CC(C)C(CN)CNc1ccc(Br)cc1[N+](=O)[O-]. The average Bonchev–Trinajstić information content (AvgIpc) is 2.30. The summed E-state index contributed by atoms with van der Waals surface area (Å²) in [4.78, 5) is 10.6. The van der Waals surface area contributed by atoms with E-state index in [4.69, 9.17) is 5.73 Å². The number of hydrogen-bond donors (Lipinski definition) is 2. The number of hydrogen-bond acceptors (Lipinski definition) is 4. The van der Waals surface area contributed by atoms with Crippen LogP contribution in [0.15, 0.2) is 22.7 Å². The third-order valence-corrected chi connectivity index (χ3v) is 3.45. The van der Waals surface area contributed by atoms with Crippen molar-refractivity contribution in [3.63, 3.8) is 0 Å². The van der Waals surface area contributed by atoms with Crippen LogP contribution in [-0.4, -0.2) is 18.0 Å². The van der Waals surface area contributed by atoms with Crippen LogP contribution in [0.3, 0.4) is 0 Å². The van der Waals surface area contributed by atoms with Gasteiger partial charge in [-0.15, -0.1) is 0 Å². The lowest BCUT2D eigenvalue weighted by molar-refractivity contribution is -0.384. The van der Waals surface area contributed by atoms with Crippen molar-refractivity contribution in [1.82, 2.24) is 0 Å². The molecule has 0 bridgehead atoms. The van der Waals surface area contributed by atoms with Crippen molar-refractivity contribution >= 4 is 27.3 Å². The molecule has 0 aliphatic heterocycles. The Hall–Kier alpha value is -1.14. The summed E-state index contributed by atoms with van der Waals surface area (Å²) in [7, 11) is 0. The average molecular weight is 316 g/mol. The molecule has 1 atom stereocenters. The molecule has 1 aromatic rings. The Labute approximate surface area is 115 Å². The van der Waals surface area contributed by atoms with Crippen LogP contribution < -0.4 is 11.1 Å². The van der Waals surface area contributed by atoms with E-state index in [1.165, 1.54) is 6.07 Å². The zero-order valence-corrected chi connectivity index (χ0v) is 12.1. The molecular formula is C12H18BrN3O2. The molecule has 0 saturated heterocycles. The molecule has 0 amide bonds. The lowest BCUT2D eigenvalue weighted by atomic mass is 9.96. The van der Waals surface area contributed by atoms with Crippen LogP contribution in [0.5, 0.6) is 0 Å². The number of halogens is 1. The molecule has 0 radical (unpaired) electrons. The summed E-state index contributed by atoms with van der Waals surface area (Å²) < 4.78 is 0.694. The minimum Gasteiger partial charge on any atom is -0.379 e. The molecule has 18 heavy (non-hydrogen) atoms. The maximum absolute atomic E-state index is 10.9. The van der Waals surface area contributed by atoms with Gasteiger partial charge in [0.2, 0.25) is 0 Å². The third-order valence-electron chi connectivity index (χ3n) is 2.96. The maximum atomic E-state index is 10.9. The van der Waals surface area contributed by atoms with Gasteiger partial charge >= 0.3 is 0 Å². The molecule has 0 heterocycles. The van der Waals surface area contributed by atoms with Crippen LogP contribution in [0.4, 0.5) is 11.4 Å². The molecule has 6 heteroatoms. The van der Waals surface area contributed by atoms with Crippen molar-refractivity contribution in [3.05, 3.63) is 32.8 Å². The van der Waals surface area contributed by atoms with E-state index >= 15 is 0 Å². The van der Waals surface area contributed by atoms with Crippen LogP contribution in [-0.2, 0) is 0 Å². The number of nitrogens with two attached hydrogens (primary N) is 1. The largest absolute Gasteiger partial charge is 0.379 e. The zero-order chi connectivity index (χ0) is 13.7. The first kappa shape index (κ1) is 14.9. The lowest BCUT2D eigenvalue weighted by Crippen LogP contribution is -2.27. The summed E-state index contributed by atoms with van der Waals surface area (Å²) >= 11 is 3.23. The summed E-state index contributed by atoms with van der Waals surface area (Å²) in [6.45, 7) is 5.38. The molecule has 3 N–H and O–H groups in total. The second-order valence-electron chi connectivity index (χ2n) is 4.54. The molecule has 1 unspecified atom stereocenters. The van der Waals surface area contributed by atoms with Crippen LogP contribution >= 0.6 is 15.9 Å². The van der Waals surface area contributed by atoms with E-state index < -0.39 is 0 Å². The van der Waals surface area contributed by atoms with E-state index in [1.54, 1.807) is 12.1 Å². The predicted molar refractivity (Wildman–Crippen MR) is 76.7 cm³/mol. The summed E-state index contributed by atoms with van der Waals surface area (Å²) in [6, 6.07) is 4.98. The van der Waals surface area contributed by atoms with Crippen molar-refractivity contribution in [2.45, 2.75) is 13.8 Å². The second kappa shape index (κ2) is 6.70. The lowest BCUT2D eigenvalue weighted by Gasteiger charge is -2.19. The standard InChI is InChI=1S/C12H18BrN3O2/c1-8(2)9(6-14)7-15-11-4-3-10(13)5-12(11)16(17)18/h3-5,8-9,15H,6-7,14H2,1-2H3. The van der Waals surface area contributed by atoms with Gasteiger partial charge in [-0.25, -0.2) is 0 Å². The van der Waals surface area contributed by atoms with E-state index in [2.05, 4.69) is 35.1 Å². The molecule has 0 saturated carbocycles. The van der Waals surface area contributed by atoms with Gasteiger partial charge in [0, 0.05) is 17.1 Å². The molecule has 5 nitrogen and oxygen atoms in total. The van der Waals surface area contributed by atoms with Gasteiger partial charge in [-0.2, -0.15) is 0 Å². The van der Waals surface area contributed by atoms with Gasteiger partial charge in [-0.05, 0) is 30.5 Å². The van der Waals surface area contributed by atoms with E-state index in [0.29, 0.717) is 35.1 Å². The minimum absolute atomic E-state index is 0.0731. The van der Waals surface area contributed by atoms with Crippen LogP contribution in [0.1, 0.15) is 13.8 Å². The molecule has 0 fully saturated rings. The number of benzene rings is 1. The van der Waals surface area contributed by atoms with Gasteiger partial charge in [0.15, 0.2) is 0 Å². The number of nitro groups is 1. The first-order chi connectivity index (χ1) is 8.45. The highest BCUT2D eigenvalue weighted by molar-refractivity contribution is 9.10. The quantitative estimate of drug-likeness (QED) is 0.624. The summed E-state index contributed by atoms with van der Waals surface area (Å²) in [5.74, 6) is 0.741. The number of nitrogens with one attached hydrogen (secondary N) is 1. The molecule has 100 valence electrons. The fraction of sp³-hybridized carbons (Fsp3) is 0.500. The van der Waals surface area contributed by atoms with E-state index in [-0.39, 0.29) is 10.6 Å². The minimum atomic E-state index is -0.389. The van der Waals surface area contributed by atoms with E-state index in [1.807, 2.05) is 0 Å². The first-order valence-electron chi connectivity index (χ1n) is 5.83. The summed E-state index contributed by atoms with van der Waals surface area (Å²) in [5.41, 5.74) is 6.28. The normalized spacial score (nSPS) is 12.5. The molecular weight excluding hydrogens is 298 g/mol. The number of rotatable bonds is 6. The summed E-state index contributed by atoms with van der Waals surface area (Å²) in [5, 5.41) is 14.1. The van der Waals surface area contributed by atoms with Crippen LogP contribution in [0, 0.1) is 22.0 Å². The molecule has 0 aliphatic rings. The number of nitro benzene ring substituents is 1. The molecule has 0 spiro atoms. The zero-order valence-electron chi connectivity index (χ0n) is 10.5. The fourth-order valence-corrected chi connectivity index (χ4v) is 1.99. The Morgan fingerprint density at radius 2 is 2.17 bits per heavy atom. The Morgan fingerprint density at radius 3 is 2.67 bits per heavy atom. The fourth-order valence-electron chi connectivity index (χ4n) is 1.64. The second-order valence-corrected chi connectivity index (χ2v) is 5.45. The topological polar surface area (TPSA) is 81.2 Å². The van der Waals surface area contributed by atoms with Crippen LogP contribution in [0.2, 0.25) is 0 Å². The van der Waals surface area contributed by atoms with Gasteiger partial charge in [0.1, 0.15) is 5.69 Å². The Morgan fingerprint density at radius 1 is 1.50 bits per heavy atom. The van der Waals surface area contributed by atoms with Crippen molar-refractivity contribution in [3.8, 4) is 0 Å². The molecule has 0 aliphatic carbocycles. The number of nitrogens with zero attached hydrogens (tertiary/aromatic N) is 1. The Kier molecular flexibility index (Phi) is 5.55. The first-order valence-corrected chi connectivity index (χ1v) is 6.63. The van der Waals surface area contributed by atoms with E-state index in [9.17, 15) is 10.1 Å². The van der Waals surface area contributed by atoms with Gasteiger partial charge in [0.25, 0.3) is 5.69 Å². The Bertz CT molecular complexity index is 424. The van der Waals surface area contributed by atoms with Gasteiger partial charge < -0.3 is 11.1 Å². The third kappa shape index (κ3) is 3.96. The molecule has 0 aromatic heterocycles. The monoisotopic (exact) mass is 315 g/mol. The van der Waals surface area contributed by atoms with Gasteiger partial charge in [-0.1, -0.05) is 29.8 Å². The Balaban J connectivity index is 2.81. The molecule has 1 aromatic carbocycles. The van der Waals surface area contributed by atoms with Crippen molar-refractivity contribution in [1.29, 1.82) is 0 Å². The van der Waals surface area contributed by atoms with Crippen molar-refractivity contribution < 1.29 is 4.92 Å². The molecule has 1 rings (SSSR count). The van der Waals surface area contributed by atoms with E-state index in [0.717, 1.165) is 0 Å². The highest BCUT2D eigenvalue weighted by atomic mass is 79.9. The smallest absolute Gasteiger partial charge is 0.293 e.